The molecule has 0 saturated heterocycles. The van der Waals surface area contributed by atoms with E-state index in [9.17, 15) is 8.42 Å². The van der Waals surface area contributed by atoms with Crippen LogP contribution in [0.15, 0.2) is 18.2 Å². The molecule has 0 aliphatic carbocycles. The highest BCUT2D eigenvalue weighted by Gasteiger charge is 2.10. The molecule has 1 rings (SSSR count). The van der Waals surface area contributed by atoms with Gasteiger partial charge in [0.15, 0.2) is 0 Å². The standard InChI is InChI=1S/C14H20N2O3S/c1-3-13-11-12(7-5-6-10-17)8-9-14(13)16-20(18,19)15-4-2/h8-9,11,15-17H,3-4,6,10H2,1-2H3. The molecule has 0 radical (unpaired) electrons. The van der Waals surface area contributed by atoms with Gasteiger partial charge in [0.2, 0.25) is 0 Å². The lowest BCUT2D eigenvalue weighted by molar-refractivity contribution is 0.305. The zero-order valence-corrected chi connectivity index (χ0v) is 12.5. The first-order chi connectivity index (χ1) is 9.52. The number of aliphatic hydroxyl groups is 1. The number of anilines is 1. The molecule has 0 heterocycles. The van der Waals surface area contributed by atoms with Crippen LogP contribution in [0.1, 0.15) is 31.4 Å². The van der Waals surface area contributed by atoms with E-state index in [1.807, 2.05) is 13.0 Å². The van der Waals surface area contributed by atoms with E-state index in [0.29, 0.717) is 25.1 Å². The molecule has 1 aromatic rings. The predicted molar refractivity (Wildman–Crippen MR) is 80.6 cm³/mol. The summed E-state index contributed by atoms with van der Waals surface area (Å²) in [5.74, 6) is 5.77. The monoisotopic (exact) mass is 296 g/mol. The van der Waals surface area contributed by atoms with Crippen molar-refractivity contribution in [2.45, 2.75) is 26.7 Å². The van der Waals surface area contributed by atoms with Crippen molar-refractivity contribution in [2.24, 2.45) is 0 Å². The third-order valence-corrected chi connectivity index (χ3v) is 3.69. The summed E-state index contributed by atoms with van der Waals surface area (Å²) in [7, 11) is -3.52. The highest BCUT2D eigenvalue weighted by atomic mass is 32.2. The number of aliphatic hydroxyl groups excluding tert-OH is 1. The van der Waals surface area contributed by atoms with Crippen LogP contribution in [-0.2, 0) is 16.6 Å². The van der Waals surface area contributed by atoms with Crippen LogP contribution in [0.4, 0.5) is 5.69 Å². The maximum absolute atomic E-state index is 11.7. The molecule has 0 atom stereocenters. The minimum Gasteiger partial charge on any atom is -0.395 e. The smallest absolute Gasteiger partial charge is 0.299 e. The summed E-state index contributed by atoms with van der Waals surface area (Å²) in [6.07, 6.45) is 1.12. The summed E-state index contributed by atoms with van der Waals surface area (Å²) in [5.41, 5.74) is 2.24. The van der Waals surface area contributed by atoms with Gasteiger partial charge in [-0.3, -0.25) is 4.72 Å². The summed E-state index contributed by atoms with van der Waals surface area (Å²) < 4.78 is 28.3. The van der Waals surface area contributed by atoms with E-state index in [1.54, 1.807) is 19.1 Å². The summed E-state index contributed by atoms with van der Waals surface area (Å²) in [4.78, 5) is 0. The zero-order chi connectivity index (χ0) is 15.0. The van der Waals surface area contributed by atoms with Gasteiger partial charge in [-0.05, 0) is 30.2 Å². The second kappa shape index (κ2) is 7.90. The third kappa shape index (κ3) is 5.21. The van der Waals surface area contributed by atoms with Crippen LogP contribution in [0.3, 0.4) is 0 Å². The molecule has 0 aromatic heterocycles. The van der Waals surface area contributed by atoms with Gasteiger partial charge in [-0.25, -0.2) is 0 Å². The number of benzene rings is 1. The number of hydrogen-bond acceptors (Lipinski definition) is 3. The molecule has 0 saturated carbocycles. The summed E-state index contributed by atoms with van der Waals surface area (Å²) >= 11 is 0. The third-order valence-electron chi connectivity index (χ3n) is 2.53. The fourth-order valence-electron chi connectivity index (χ4n) is 1.65. The molecule has 0 aliphatic heterocycles. The van der Waals surface area contributed by atoms with Crippen LogP contribution in [0.2, 0.25) is 0 Å². The summed E-state index contributed by atoms with van der Waals surface area (Å²) in [6.45, 7) is 4.04. The molecule has 0 fully saturated rings. The Morgan fingerprint density at radius 1 is 1.30 bits per heavy atom. The molecule has 20 heavy (non-hydrogen) atoms. The van der Waals surface area contributed by atoms with Crippen molar-refractivity contribution < 1.29 is 13.5 Å². The Kier molecular flexibility index (Phi) is 6.52. The number of aryl methyl sites for hydroxylation is 1. The first-order valence-corrected chi connectivity index (χ1v) is 8.00. The average Bonchev–Trinajstić information content (AvgIpc) is 2.40. The predicted octanol–water partition coefficient (Wildman–Crippen LogP) is 1.25. The van der Waals surface area contributed by atoms with Crippen LogP contribution < -0.4 is 9.44 Å². The van der Waals surface area contributed by atoms with E-state index in [2.05, 4.69) is 21.3 Å². The Morgan fingerprint density at radius 2 is 2.05 bits per heavy atom. The zero-order valence-electron chi connectivity index (χ0n) is 11.7. The highest BCUT2D eigenvalue weighted by Crippen LogP contribution is 2.19. The number of hydrogen-bond donors (Lipinski definition) is 3. The summed E-state index contributed by atoms with van der Waals surface area (Å²) in [5, 5.41) is 8.68. The maximum Gasteiger partial charge on any atom is 0.299 e. The van der Waals surface area contributed by atoms with Gasteiger partial charge in [0.25, 0.3) is 10.2 Å². The molecule has 0 amide bonds. The highest BCUT2D eigenvalue weighted by molar-refractivity contribution is 7.90. The van der Waals surface area contributed by atoms with E-state index in [4.69, 9.17) is 5.11 Å². The van der Waals surface area contributed by atoms with Crippen molar-refractivity contribution in [2.75, 3.05) is 17.9 Å². The minimum absolute atomic E-state index is 0.0359. The fourth-order valence-corrected chi connectivity index (χ4v) is 2.60. The quantitative estimate of drug-likeness (QED) is 0.691. The Bertz CT molecular complexity index is 601. The molecule has 0 unspecified atom stereocenters. The minimum atomic E-state index is -3.52. The van der Waals surface area contributed by atoms with E-state index in [-0.39, 0.29) is 6.61 Å². The van der Waals surface area contributed by atoms with Gasteiger partial charge in [-0.2, -0.15) is 13.1 Å². The van der Waals surface area contributed by atoms with Crippen molar-refractivity contribution in [3.05, 3.63) is 29.3 Å². The Labute approximate surface area is 120 Å². The van der Waals surface area contributed by atoms with Crippen molar-refractivity contribution >= 4 is 15.9 Å². The van der Waals surface area contributed by atoms with Gasteiger partial charge in [0.1, 0.15) is 0 Å². The van der Waals surface area contributed by atoms with Gasteiger partial charge < -0.3 is 5.11 Å². The van der Waals surface area contributed by atoms with Crippen LogP contribution >= 0.6 is 0 Å². The van der Waals surface area contributed by atoms with Gasteiger partial charge in [0.05, 0.1) is 12.3 Å². The number of rotatable bonds is 6. The van der Waals surface area contributed by atoms with Crippen molar-refractivity contribution in [1.82, 2.24) is 4.72 Å². The van der Waals surface area contributed by atoms with Crippen molar-refractivity contribution in [1.29, 1.82) is 0 Å². The van der Waals surface area contributed by atoms with E-state index in [0.717, 1.165) is 11.1 Å². The van der Waals surface area contributed by atoms with Gasteiger partial charge in [-0.1, -0.05) is 25.7 Å². The van der Waals surface area contributed by atoms with Crippen LogP contribution in [0, 0.1) is 11.8 Å². The first kappa shape index (κ1) is 16.5. The fraction of sp³-hybridized carbons (Fsp3) is 0.429. The Hall–Kier alpha value is -1.55. The SMILES string of the molecule is CCNS(=O)(=O)Nc1ccc(C#CCCO)cc1CC. The van der Waals surface area contributed by atoms with Crippen LogP contribution in [0.5, 0.6) is 0 Å². The van der Waals surface area contributed by atoms with Crippen LogP contribution in [0.25, 0.3) is 0 Å². The van der Waals surface area contributed by atoms with Gasteiger partial charge in [0, 0.05) is 18.5 Å². The first-order valence-electron chi connectivity index (χ1n) is 6.52. The van der Waals surface area contributed by atoms with Crippen molar-refractivity contribution in [3.63, 3.8) is 0 Å². The van der Waals surface area contributed by atoms with Gasteiger partial charge >= 0.3 is 0 Å². The average molecular weight is 296 g/mol. The molecule has 110 valence electrons. The molecular weight excluding hydrogens is 276 g/mol. The molecule has 6 heteroatoms. The molecule has 0 bridgehead atoms. The lowest BCUT2D eigenvalue weighted by atomic mass is 10.1. The largest absolute Gasteiger partial charge is 0.395 e. The lowest BCUT2D eigenvalue weighted by Gasteiger charge is -2.12. The topological polar surface area (TPSA) is 78.4 Å². The number of nitrogens with one attached hydrogen (secondary N) is 2. The summed E-state index contributed by atoms with van der Waals surface area (Å²) in [6, 6.07) is 5.32. The molecule has 5 nitrogen and oxygen atoms in total. The molecule has 3 N–H and O–H groups in total. The molecule has 0 spiro atoms. The molecule has 1 aromatic carbocycles. The lowest BCUT2D eigenvalue weighted by Crippen LogP contribution is -2.30. The van der Waals surface area contributed by atoms with Gasteiger partial charge in [-0.15, -0.1) is 0 Å². The van der Waals surface area contributed by atoms with Crippen LogP contribution in [-0.4, -0.2) is 26.7 Å². The maximum atomic E-state index is 11.7. The Morgan fingerprint density at radius 3 is 2.65 bits per heavy atom. The normalized spacial score (nSPS) is 10.8. The Balaban J connectivity index is 2.97. The van der Waals surface area contributed by atoms with Crippen molar-refractivity contribution in [3.8, 4) is 11.8 Å². The molecule has 0 aliphatic rings. The van der Waals surface area contributed by atoms with E-state index < -0.39 is 10.2 Å². The second-order valence-electron chi connectivity index (χ2n) is 4.10. The van der Waals surface area contributed by atoms with E-state index in [1.165, 1.54) is 0 Å². The van der Waals surface area contributed by atoms with E-state index >= 15 is 0 Å². The molecular formula is C14H20N2O3S. The second-order valence-corrected chi connectivity index (χ2v) is 5.60.